The Morgan fingerprint density at radius 3 is 1.84 bits per heavy atom. The molecule has 6 heteroatoms. The lowest BCUT2D eigenvalue weighted by Gasteiger charge is -2.05. The maximum Gasteiger partial charge on any atom is 0.330 e. The molecular weight excluding hydrogens is 324 g/mol. The second-order valence-electron chi connectivity index (χ2n) is 5.96. The molecule has 0 fully saturated rings. The van der Waals surface area contributed by atoms with Crippen LogP contribution in [-0.4, -0.2) is 36.2 Å². The molecule has 0 aromatic rings. The molecule has 0 aliphatic heterocycles. The van der Waals surface area contributed by atoms with Gasteiger partial charge >= 0.3 is 17.9 Å². The van der Waals surface area contributed by atoms with Crippen LogP contribution in [0.5, 0.6) is 0 Å². The molecule has 25 heavy (non-hydrogen) atoms. The fourth-order valence-corrected chi connectivity index (χ4v) is 2.28. The Labute approximate surface area is 150 Å². The molecule has 0 spiro atoms. The van der Waals surface area contributed by atoms with Crippen molar-refractivity contribution in [1.29, 1.82) is 0 Å². The summed E-state index contributed by atoms with van der Waals surface area (Å²) < 4.78 is 9.97. The summed E-state index contributed by atoms with van der Waals surface area (Å²) in [6.07, 6.45) is 12.1. The average molecular weight is 356 g/mol. The second kappa shape index (κ2) is 17.0. The van der Waals surface area contributed by atoms with Gasteiger partial charge in [0.2, 0.25) is 0 Å². The summed E-state index contributed by atoms with van der Waals surface area (Å²) in [6, 6.07) is 0. The summed E-state index contributed by atoms with van der Waals surface area (Å²) in [5.41, 5.74) is 0. The monoisotopic (exact) mass is 356 g/mol. The molecule has 0 aliphatic rings. The van der Waals surface area contributed by atoms with E-state index in [1.807, 2.05) is 0 Å². The van der Waals surface area contributed by atoms with Gasteiger partial charge < -0.3 is 14.6 Å². The third-order valence-corrected chi connectivity index (χ3v) is 3.62. The van der Waals surface area contributed by atoms with Crippen LogP contribution in [-0.2, 0) is 23.9 Å². The highest BCUT2D eigenvalue weighted by atomic mass is 16.5. The fourth-order valence-electron chi connectivity index (χ4n) is 2.28. The van der Waals surface area contributed by atoms with E-state index in [0.717, 1.165) is 51.4 Å². The molecule has 0 saturated carbocycles. The van der Waals surface area contributed by atoms with Crippen LogP contribution in [0.4, 0.5) is 0 Å². The van der Waals surface area contributed by atoms with Crippen LogP contribution in [0.15, 0.2) is 12.2 Å². The molecule has 0 radical (unpaired) electrons. The van der Waals surface area contributed by atoms with Crippen LogP contribution in [0.25, 0.3) is 0 Å². The van der Waals surface area contributed by atoms with Crippen molar-refractivity contribution in [3.05, 3.63) is 12.2 Å². The number of hydrogen-bond donors (Lipinski definition) is 1. The van der Waals surface area contributed by atoms with E-state index < -0.39 is 5.97 Å². The summed E-state index contributed by atoms with van der Waals surface area (Å²) in [7, 11) is 0. The minimum atomic E-state index is -0.721. The Kier molecular flexibility index (Phi) is 15.7. The van der Waals surface area contributed by atoms with Crippen LogP contribution >= 0.6 is 0 Å². The Morgan fingerprint density at radius 2 is 1.28 bits per heavy atom. The van der Waals surface area contributed by atoms with Gasteiger partial charge in [-0.2, -0.15) is 0 Å². The lowest BCUT2D eigenvalue weighted by Crippen LogP contribution is -2.09. The van der Waals surface area contributed by atoms with Crippen LogP contribution in [0.1, 0.15) is 77.6 Å². The van der Waals surface area contributed by atoms with Crippen LogP contribution < -0.4 is 0 Å². The van der Waals surface area contributed by atoms with Gasteiger partial charge in [0.1, 0.15) is 0 Å². The standard InChI is InChI=1S/C19H32O6/c1-2-12-18(22)24-15-11-16-25-19(23)14-10-8-6-4-3-5-7-9-13-17(20)21/h2,12H,3-11,13-16H2,1H3,(H,20,21). The van der Waals surface area contributed by atoms with Crippen molar-refractivity contribution >= 4 is 17.9 Å². The molecule has 0 heterocycles. The van der Waals surface area contributed by atoms with Gasteiger partial charge in [0.25, 0.3) is 0 Å². The lowest BCUT2D eigenvalue weighted by atomic mass is 10.1. The lowest BCUT2D eigenvalue weighted by molar-refractivity contribution is -0.144. The summed E-state index contributed by atoms with van der Waals surface area (Å²) in [4.78, 5) is 32.9. The minimum Gasteiger partial charge on any atom is -0.481 e. The Morgan fingerprint density at radius 1 is 0.760 bits per heavy atom. The van der Waals surface area contributed by atoms with Crippen LogP contribution in [0.2, 0.25) is 0 Å². The normalized spacial score (nSPS) is 10.8. The first-order valence-corrected chi connectivity index (χ1v) is 9.23. The quantitative estimate of drug-likeness (QED) is 0.255. The highest BCUT2D eigenvalue weighted by Crippen LogP contribution is 2.11. The zero-order chi connectivity index (χ0) is 18.8. The molecule has 0 atom stereocenters. The zero-order valence-electron chi connectivity index (χ0n) is 15.3. The van der Waals surface area contributed by atoms with E-state index in [1.165, 1.54) is 6.08 Å². The van der Waals surface area contributed by atoms with E-state index in [0.29, 0.717) is 12.8 Å². The molecule has 144 valence electrons. The molecule has 0 rings (SSSR count). The van der Waals surface area contributed by atoms with Crippen molar-refractivity contribution in [3.63, 3.8) is 0 Å². The number of rotatable bonds is 16. The topological polar surface area (TPSA) is 89.9 Å². The molecule has 0 unspecified atom stereocenters. The molecule has 0 aliphatic carbocycles. The summed E-state index contributed by atoms with van der Waals surface area (Å²) in [5, 5.41) is 8.52. The number of carbonyl (C=O) groups is 3. The Hall–Kier alpha value is -1.85. The van der Waals surface area contributed by atoms with Crippen molar-refractivity contribution in [2.75, 3.05) is 13.2 Å². The summed E-state index contributed by atoms with van der Waals surface area (Å²) in [6.45, 7) is 2.27. The van der Waals surface area contributed by atoms with Crippen molar-refractivity contribution in [2.45, 2.75) is 77.6 Å². The van der Waals surface area contributed by atoms with E-state index in [4.69, 9.17) is 14.6 Å². The summed E-state index contributed by atoms with van der Waals surface area (Å²) in [5.74, 6) is -1.30. The number of allylic oxidation sites excluding steroid dienone is 1. The third-order valence-electron chi connectivity index (χ3n) is 3.62. The molecule has 1 N–H and O–H groups in total. The first kappa shape index (κ1) is 23.1. The maximum atomic E-state index is 11.5. The van der Waals surface area contributed by atoms with Crippen molar-refractivity contribution in [2.24, 2.45) is 0 Å². The maximum absolute atomic E-state index is 11.5. The predicted molar refractivity (Wildman–Crippen MR) is 95.2 cm³/mol. The molecular formula is C19H32O6. The largest absolute Gasteiger partial charge is 0.481 e. The van der Waals surface area contributed by atoms with Gasteiger partial charge in [-0.3, -0.25) is 9.59 Å². The smallest absolute Gasteiger partial charge is 0.330 e. The number of esters is 2. The van der Waals surface area contributed by atoms with Crippen molar-refractivity contribution in [3.8, 4) is 0 Å². The molecule has 0 amide bonds. The number of unbranched alkanes of at least 4 members (excludes halogenated alkanes) is 7. The van der Waals surface area contributed by atoms with E-state index in [2.05, 4.69) is 0 Å². The second-order valence-corrected chi connectivity index (χ2v) is 5.96. The molecule has 0 aromatic carbocycles. The zero-order valence-corrected chi connectivity index (χ0v) is 15.3. The van der Waals surface area contributed by atoms with Crippen LogP contribution in [0, 0.1) is 0 Å². The Bertz CT molecular complexity index is 403. The first-order valence-electron chi connectivity index (χ1n) is 9.23. The predicted octanol–water partition coefficient (Wildman–Crippen LogP) is 4.02. The van der Waals surface area contributed by atoms with Gasteiger partial charge in [-0.1, -0.05) is 44.6 Å². The number of ether oxygens (including phenoxy) is 2. The fraction of sp³-hybridized carbons (Fsp3) is 0.737. The van der Waals surface area contributed by atoms with E-state index >= 15 is 0 Å². The first-order chi connectivity index (χ1) is 12.1. The van der Waals surface area contributed by atoms with Gasteiger partial charge in [-0.15, -0.1) is 0 Å². The van der Waals surface area contributed by atoms with Gasteiger partial charge in [-0.25, -0.2) is 4.79 Å². The van der Waals surface area contributed by atoms with Crippen molar-refractivity contribution in [1.82, 2.24) is 0 Å². The highest BCUT2D eigenvalue weighted by Gasteiger charge is 2.03. The molecule has 6 nitrogen and oxygen atoms in total. The van der Waals surface area contributed by atoms with Gasteiger partial charge in [-0.05, 0) is 19.8 Å². The van der Waals surface area contributed by atoms with Gasteiger partial charge in [0, 0.05) is 25.3 Å². The van der Waals surface area contributed by atoms with E-state index in [9.17, 15) is 14.4 Å². The number of carboxylic acid groups (broad SMARTS) is 1. The van der Waals surface area contributed by atoms with Crippen LogP contribution in [0.3, 0.4) is 0 Å². The average Bonchev–Trinajstić information content (AvgIpc) is 2.56. The highest BCUT2D eigenvalue weighted by molar-refractivity contribution is 5.81. The summed E-state index contributed by atoms with van der Waals surface area (Å²) >= 11 is 0. The molecule has 0 saturated heterocycles. The van der Waals surface area contributed by atoms with Crippen molar-refractivity contribution < 1.29 is 29.0 Å². The molecule has 0 bridgehead atoms. The Balaban J connectivity index is 3.28. The number of carboxylic acids is 1. The number of aliphatic carboxylic acids is 1. The minimum absolute atomic E-state index is 0.201. The SMILES string of the molecule is CC=CC(=O)OCCCOC(=O)CCCCCCCCCCC(=O)O. The number of hydrogen-bond acceptors (Lipinski definition) is 5. The van der Waals surface area contributed by atoms with E-state index in [-0.39, 0.29) is 31.6 Å². The molecule has 0 aromatic heterocycles. The number of carbonyl (C=O) groups excluding carboxylic acids is 2. The van der Waals surface area contributed by atoms with Gasteiger partial charge in [0.15, 0.2) is 0 Å². The third kappa shape index (κ3) is 18.3. The van der Waals surface area contributed by atoms with E-state index in [1.54, 1.807) is 13.0 Å². The van der Waals surface area contributed by atoms with Gasteiger partial charge in [0.05, 0.1) is 13.2 Å².